The molecule has 0 fully saturated rings. The van der Waals surface area contributed by atoms with Crippen molar-refractivity contribution in [3.63, 3.8) is 0 Å². The van der Waals surface area contributed by atoms with Crippen LogP contribution in [0.5, 0.6) is 0 Å². The number of hydrogen-bond donors (Lipinski definition) is 1. The third kappa shape index (κ3) is 4.43. The highest BCUT2D eigenvalue weighted by molar-refractivity contribution is 5.64. The Morgan fingerprint density at radius 2 is 1.91 bits per heavy atom. The highest BCUT2D eigenvalue weighted by atomic mass is 19.1. The minimum Gasteiger partial charge on any atom is -0.384 e. The van der Waals surface area contributed by atoms with E-state index in [1.54, 1.807) is 18.2 Å². The Morgan fingerprint density at radius 3 is 2.52 bits per heavy atom. The van der Waals surface area contributed by atoms with Crippen molar-refractivity contribution in [2.75, 3.05) is 6.54 Å². The lowest BCUT2D eigenvalue weighted by molar-refractivity contribution is 0.620. The molecule has 1 nitrogen and oxygen atoms in total. The first-order valence-electron chi connectivity index (χ1n) is 7.69. The van der Waals surface area contributed by atoms with Gasteiger partial charge in [-0.3, -0.25) is 0 Å². The lowest BCUT2D eigenvalue weighted by Gasteiger charge is -2.15. The van der Waals surface area contributed by atoms with Crippen molar-refractivity contribution >= 4 is 0 Å². The predicted molar refractivity (Wildman–Crippen MR) is 96.7 cm³/mol. The zero-order valence-corrected chi connectivity index (χ0v) is 13.4. The summed E-state index contributed by atoms with van der Waals surface area (Å²) in [6.45, 7) is 10.2. The van der Waals surface area contributed by atoms with Gasteiger partial charge in [0.25, 0.3) is 0 Å². The van der Waals surface area contributed by atoms with E-state index in [-0.39, 0.29) is 11.7 Å². The standard InChI is InChI=1S/C21H22FN/c1-4-9-19(5-2)23-15-16(3)18-12-13-20(21(22)14-18)17-10-7-6-8-11-17/h4-14,16,23H,1-2,15H2,3H3/b19-9+. The topological polar surface area (TPSA) is 12.0 Å². The van der Waals surface area contributed by atoms with Crippen LogP contribution in [-0.4, -0.2) is 6.54 Å². The van der Waals surface area contributed by atoms with Crippen LogP contribution in [0.2, 0.25) is 0 Å². The maximum absolute atomic E-state index is 14.4. The van der Waals surface area contributed by atoms with Crippen molar-refractivity contribution in [1.82, 2.24) is 5.32 Å². The second-order valence-electron chi connectivity index (χ2n) is 5.45. The molecule has 0 bridgehead atoms. The van der Waals surface area contributed by atoms with Gasteiger partial charge in [-0.1, -0.05) is 68.6 Å². The first-order chi connectivity index (χ1) is 11.2. The summed E-state index contributed by atoms with van der Waals surface area (Å²) in [6.07, 6.45) is 5.31. The zero-order valence-electron chi connectivity index (χ0n) is 13.4. The zero-order chi connectivity index (χ0) is 16.7. The lowest BCUT2D eigenvalue weighted by atomic mass is 9.97. The number of halogens is 1. The molecule has 0 saturated heterocycles. The van der Waals surface area contributed by atoms with Gasteiger partial charge < -0.3 is 5.32 Å². The fourth-order valence-corrected chi connectivity index (χ4v) is 2.40. The highest BCUT2D eigenvalue weighted by Gasteiger charge is 2.10. The fourth-order valence-electron chi connectivity index (χ4n) is 2.40. The van der Waals surface area contributed by atoms with Crippen LogP contribution in [0.4, 0.5) is 4.39 Å². The molecule has 0 radical (unpaired) electrons. The maximum atomic E-state index is 14.4. The molecule has 0 aliphatic rings. The third-order valence-corrected chi connectivity index (χ3v) is 3.78. The fraction of sp³-hybridized carbons (Fsp3) is 0.143. The molecule has 0 aromatic heterocycles. The maximum Gasteiger partial charge on any atom is 0.131 e. The van der Waals surface area contributed by atoms with Crippen LogP contribution in [0.3, 0.4) is 0 Å². The monoisotopic (exact) mass is 307 g/mol. The van der Waals surface area contributed by atoms with Gasteiger partial charge in [-0.25, -0.2) is 4.39 Å². The van der Waals surface area contributed by atoms with E-state index in [2.05, 4.69) is 25.4 Å². The van der Waals surface area contributed by atoms with Gasteiger partial charge in [0.15, 0.2) is 0 Å². The summed E-state index contributed by atoms with van der Waals surface area (Å²) in [5.41, 5.74) is 3.41. The molecule has 2 aromatic rings. The van der Waals surface area contributed by atoms with Crippen molar-refractivity contribution in [2.24, 2.45) is 0 Å². The average molecular weight is 307 g/mol. The van der Waals surface area contributed by atoms with E-state index < -0.39 is 0 Å². The molecular formula is C21H22FN. The summed E-state index contributed by atoms with van der Waals surface area (Å²) in [6, 6.07) is 15.1. The Bertz CT molecular complexity index is 701. The van der Waals surface area contributed by atoms with E-state index >= 15 is 0 Å². The van der Waals surface area contributed by atoms with Crippen LogP contribution in [0, 0.1) is 5.82 Å². The minimum absolute atomic E-state index is 0.183. The van der Waals surface area contributed by atoms with Gasteiger partial charge in [-0.05, 0) is 35.3 Å². The molecule has 0 spiro atoms. The van der Waals surface area contributed by atoms with Gasteiger partial charge in [0.2, 0.25) is 0 Å². The first-order valence-corrected chi connectivity index (χ1v) is 7.69. The number of rotatable bonds is 7. The van der Waals surface area contributed by atoms with Gasteiger partial charge >= 0.3 is 0 Å². The van der Waals surface area contributed by atoms with E-state index in [9.17, 15) is 4.39 Å². The van der Waals surface area contributed by atoms with Crippen LogP contribution >= 0.6 is 0 Å². The summed E-state index contributed by atoms with van der Waals surface area (Å²) in [7, 11) is 0. The normalized spacial score (nSPS) is 12.5. The minimum atomic E-state index is -0.189. The van der Waals surface area contributed by atoms with Crippen LogP contribution in [0.25, 0.3) is 11.1 Å². The van der Waals surface area contributed by atoms with E-state index in [1.807, 2.05) is 48.5 Å². The van der Waals surface area contributed by atoms with Crippen molar-refractivity contribution in [3.8, 4) is 11.1 Å². The molecule has 0 heterocycles. The molecule has 1 atom stereocenters. The highest BCUT2D eigenvalue weighted by Crippen LogP contribution is 2.26. The third-order valence-electron chi connectivity index (χ3n) is 3.78. The molecule has 2 aromatic carbocycles. The smallest absolute Gasteiger partial charge is 0.131 e. The van der Waals surface area contributed by atoms with E-state index in [0.29, 0.717) is 12.1 Å². The molecule has 0 aliphatic heterocycles. The lowest BCUT2D eigenvalue weighted by Crippen LogP contribution is -2.18. The van der Waals surface area contributed by atoms with Crippen LogP contribution in [0.15, 0.2) is 85.6 Å². The van der Waals surface area contributed by atoms with E-state index in [4.69, 9.17) is 0 Å². The molecule has 1 N–H and O–H groups in total. The SMILES string of the molecule is C=C/C=C(\C=C)NCC(C)c1ccc(-c2ccccc2)c(F)c1. The van der Waals surface area contributed by atoms with E-state index in [0.717, 1.165) is 16.8 Å². The Balaban J connectivity index is 2.12. The Hall–Kier alpha value is -2.61. The summed E-state index contributed by atoms with van der Waals surface area (Å²) in [5, 5.41) is 3.28. The molecule has 2 heteroatoms. The Morgan fingerprint density at radius 1 is 1.17 bits per heavy atom. The molecule has 1 unspecified atom stereocenters. The molecule has 2 rings (SSSR count). The molecule has 0 amide bonds. The molecule has 118 valence electrons. The summed E-state index contributed by atoms with van der Waals surface area (Å²) >= 11 is 0. The first kappa shape index (κ1) is 16.8. The van der Waals surface area contributed by atoms with Crippen LogP contribution < -0.4 is 5.32 Å². The number of allylic oxidation sites excluding steroid dienone is 3. The van der Waals surface area contributed by atoms with Crippen molar-refractivity contribution in [3.05, 3.63) is 97.0 Å². The van der Waals surface area contributed by atoms with Crippen LogP contribution in [-0.2, 0) is 0 Å². The second-order valence-corrected chi connectivity index (χ2v) is 5.45. The Labute approximate surface area is 137 Å². The van der Waals surface area contributed by atoms with Crippen LogP contribution in [0.1, 0.15) is 18.4 Å². The van der Waals surface area contributed by atoms with Gasteiger partial charge in [0.05, 0.1) is 0 Å². The van der Waals surface area contributed by atoms with Gasteiger partial charge in [-0.15, -0.1) is 0 Å². The largest absolute Gasteiger partial charge is 0.384 e. The number of benzene rings is 2. The second kappa shape index (κ2) is 8.14. The molecule has 0 aliphatic carbocycles. The summed E-state index contributed by atoms with van der Waals surface area (Å²) < 4.78 is 14.4. The van der Waals surface area contributed by atoms with Gasteiger partial charge in [-0.2, -0.15) is 0 Å². The van der Waals surface area contributed by atoms with Crippen molar-refractivity contribution < 1.29 is 4.39 Å². The quantitative estimate of drug-likeness (QED) is 0.671. The van der Waals surface area contributed by atoms with Crippen molar-refractivity contribution in [1.29, 1.82) is 0 Å². The average Bonchev–Trinajstić information content (AvgIpc) is 2.59. The molecule has 0 saturated carbocycles. The Kier molecular flexibility index (Phi) is 5.93. The molecule has 23 heavy (non-hydrogen) atoms. The number of nitrogens with one attached hydrogen (secondary N) is 1. The van der Waals surface area contributed by atoms with Gasteiger partial charge in [0.1, 0.15) is 5.82 Å². The predicted octanol–water partition coefficient (Wildman–Crippen LogP) is 5.44. The van der Waals surface area contributed by atoms with Gasteiger partial charge in [0, 0.05) is 17.8 Å². The number of hydrogen-bond acceptors (Lipinski definition) is 1. The summed E-state index contributed by atoms with van der Waals surface area (Å²) in [5.74, 6) is -0.00591. The van der Waals surface area contributed by atoms with E-state index in [1.165, 1.54) is 0 Å². The summed E-state index contributed by atoms with van der Waals surface area (Å²) in [4.78, 5) is 0. The van der Waals surface area contributed by atoms with Crippen molar-refractivity contribution in [2.45, 2.75) is 12.8 Å². The molecular weight excluding hydrogens is 285 g/mol.